The summed E-state index contributed by atoms with van der Waals surface area (Å²) in [6.45, 7) is 1.17. The normalized spacial score (nSPS) is 16.2. The molecule has 0 saturated carbocycles. The predicted molar refractivity (Wildman–Crippen MR) is 118 cm³/mol. The van der Waals surface area contributed by atoms with Gasteiger partial charge in [0, 0.05) is 29.8 Å². The van der Waals surface area contributed by atoms with Crippen LogP contribution < -0.4 is 9.47 Å². The maximum atomic E-state index is 13.3. The zero-order chi connectivity index (χ0) is 21.9. The average Bonchev–Trinajstić information content (AvgIpc) is 3.28. The number of methoxy groups -OCH3 is 1. The standard InChI is InChI=1S/C24H22N4O4/c1-30-21-11-12-22(26-25-21)31-18-8-5-13-28(15-18)24(29)17-9-10-20-19(14-17)23(32-27-20)16-6-3-2-4-7-16/h2-4,6-7,9-12,14,18H,5,8,13,15H2,1H3. The minimum absolute atomic E-state index is 0.0405. The molecule has 0 N–H and O–H groups in total. The maximum Gasteiger partial charge on any atom is 0.254 e. The molecule has 0 aliphatic carbocycles. The van der Waals surface area contributed by atoms with E-state index in [1.54, 1.807) is 18.2 Å². The minimum atomic E-state index is -0.144. The third-order valence-corrected chi connectivity index (χ3v) is 5.54. The van der Waals surface area contributed by atoms with Crippen molar-refractivity contribution in [3.63, 3.8) is 0 Å². The molecule has 162 valence electrons. The lowest BCUT2D eigenvalue weighted by atomic mass is 10.0. The quantitative estimate of drug-likeness (QED) is 0.473. The van der Waals surface area contributed by atoms with E-state index in [-0.39, 0.29) is 12.0 Å². The van der Waals surface area contributed by atoms with Crippen molar-refractivity contribution in [3.8, 4) is 23.1 Å². The van der Waals surface area contributed by atoms with Crippen LogP contribution in [0, 0.1) is 0 Å². The number of amides is 1. The van der Waals surface area contributed by atoms with E-state index in [1.807, 2.05) is 47.4 Å². The molecule has 0 spiro atoms. The van der Waals surface area contributed by atoms with Gasteiger partial charge in [0.2, 0.25) is 11.8 Å². The van der Waals surface area contributed by atoms with Crippen LogP contribution in [0.25, 0.3) is 22.2 Å². The van der Waals surface area contributed by atoms with E-state index in [4.69, 9.17) is 14.0 Å². The van der Waals surface area contributed by atoms with Gasteiger partial charge in [-0.15, -0.1) is 10.2 Å². The molecule has 3 heterocycles. The van der Waals surface area contributed by atoms with Gasteiger partial charge in [0.1, 0.15) is 11.6 Å². The number of rotatable bonds is 5. The van der Waals surface area contributed by atoms with Gasteiger partial charge in [-0.25, -0.2) is 0 Å². The van der Waals surface area contributed by atoms with Crippen LogP contribution in [0.2, 0.25) is 0 Å². The van der Waals surface area contributed by atoms with Crippen LogP contribution in [-0.4, -0.2) is 52.5 Å². The Kier molecular flexibility index (Phi) is 5.41. The first-order valence-electron chi connectivity index (χ1n) is 10.5. The SMILES string of the molecule is COc1ccc(OC2CCCN(C(=O)c3ccc4noc(-c5ccccc5)c4c3)C2)nn1. The number of nitrogens with zero attached hydrogens (tertiary/aromatic N) is 4. The number of hydrogen-bond acceptors (Lipinski definition) is 7. The van der Waals surface area contributed by atoms with E-state index in [0.29, 0.717) is 36.2 Å². The van der Waals surface area contributed by atoms with Crippen LogP contribution in [0.15, 0.2) is 65.2 Å². The Hall–Kier alpha value is -3.94. The molecule has 8 nitrogen and oxygen atoms in total. The maximum absolute atomic E-state index is 13.3. The summed E-state index contributed by atoms with van der Waals surface area (Å²) < 4.78 is 16.5. The first kappa shape index (κ1) is 20.0. The predicted octanol–water partition coefficient (Wildman–Crippen LogP) is 3.98. The van der Waals surface area contributed by atoms with Crippen molar-refractivity contribution in [1.82, 2.24) is 20.3 Å². The summed E-state index contributed by atoms with van der Waals surface area (Å²) in [5.41, 5.74) is 2.24. The van der Waals surface area contributed by atoms with Crippen molar-refractivity contribution in [1.29, 1.82) is 0 Å². The smallest absolute Gasteiger partial charge is 0.254 e. The van der Waals surface area contributed by atoms with Gasteiger partial charge >= 0.3 is 0 Å². The van der Waals surface area contributed by atoms with Crippen molar-refractivity contribution in [2.45, 2.75) is 18.9 Å². The van der Waals surface area contributed by atoms with Crippen molar-refractivity contribution in [3.05, 3.63) is 66.2 Å². The van der Waals surface area contributed by atoms with E-state index in [1.165, 1.54) is 7.11 Å². The van der Waals surface area contributed by atoms with E-state index in [9.17, 15) is 4.79 Å². The van der Waals surface area contributed by atoms with Crippen molar-refractivity contribution in [2.24, 2.45) is 0 Å². The van der Waals surface area contributed by atoms with Crippen LogP contribution in [0.3, 0.4) is 0 Å². The van der Waals surface area contributed by atoms with Gasteiger partial charge in [-0.1, -0.05) is 35.5 Å². The van der Waals surface area contributed by atoms with Gasteiger partial charge in [-0.2, -0.15) is 0 Å². The summed E-state index contributed by atoms with van der Waals surface area (Å²) in [6.07, 6.45) is 1.56. The lowest BCUT2D eigenvalue weighted by Crippen LogP contribution is -2.44. The lowest BCUT2D eigenvalue weighted by molar-refractivity contribution is 0.0525. The number of piperidine rings is 1. The first-order valence-corrected chi connectivity index (χ1v) is 10.5. The Balaban J connectivity index is 1.34. The number of fused-ring (bicyclic) bond motifs is 1. The molecule has 1 saturated heterocycles. The van der Waals surface area contributed by atoms with E-state index < -0.39 is 0 Å². The molecule has 4 aromatic rings. The monoisotopic (exact) mass is 430 g/mol. The molecule has 0 radical (unpaired) electrons. The highest BCUT2D eigenvalue weighted by Gasteiger charge is 2.26. The summed E-state index contributed by atoms with van der Waals surface area (Å²) >= 11 is 0. The lowest BCUT2D eigenvalue weighted by Gasteiger charge is -2.32. The molecule has 2 aromatic heterocycles. The highest BCUT2D eigenvalue weighted by molar-refractivity contribution is 6.01. The fourth-order valence-corrected chi connectivity index (χ4v) is 3.92. The molecule has 1 atom stereocenters. The van der Waals surface area contributed by atoms with Crippen LogP contribution in [-0.2, 0) is 0 Å². The fourth-order valence-electron chi connectivity index (χ4n) is 3.92. The summed E-state index contributed by atoms with van der Waals surface area (Å²) in [6, 6.07) is 18.7. The second-order valence-corrected chi connectivity index (χ2v) is 7.66. The van der Waals surface area contributed by atoms with E-state index in [2.05, 4.69) is 15.4 Å². The molecule has 1 aliphatic heterocycles. The molecule has 1 amide bonds. The third-order valence-electron chi connectivity index (χ3n) is 5.54. The molecule has 32 heavy (non-hydrogen) atoms. The zero-order valence-electron chi connectivity index (χ0n) is 17.6. The number of carbonyl (C=O) groups excluding carboxylic acids is 1. The number of hydrogen-bond donors (Lipinski definition) is 0. The first-order chi connectivity index (χ1) is 15.7. The molecule has 2 aromatic carbocycles. The number of aromatic nitrogens is 3. The molecule has 8 heteroatoms. The molecule has 0 bridgehead atoms. The number of likely N-dealkylation sites (tertiary alicyclic amines) is 1. The molecule has 5 rings (SSSR count). The number of carbonyl (C=O) groups is 1. The summed E-state index contributed by atoms with van der Waals surface area (Å²) in [5.74, 6) is 1.47. The second kappa shape index (κ2) is 8.66. The van der Waals surface area contributed by atoms with Crippen molar-refractivity contribution < 1.29 is 18.8 Å². The van der Waals surface area contributed by atoms with Crippen molar-refractivity contribution >= 4 is 16.8 Å². The van der Waals surface area contributed by atoms with Gasteiger partial charge in [-0.3, -0.25) is 4.79 Å². The van der Waals surface area contributed by atoms with Crippen LogP contribution in [0.1, 0.15) is 23.2 Å². The Labute approximate surface area is 184 Å². The highest BCUT2D eigenvalue weighted by Crippen LogP contribution is 2.30. The minimum Gasteiger partial charge on any atom is -0.480 e. The molecular formula is C24H22N4O4. The Morgan fingerprint density at radius 3 is 2.66 bits per heavy atom. The molecular weight excluding hydrogens is 408 g/mol. The summed E-state index contributed by atoms with van der Waals surface area (Å²) in [5, 5.41) is 12.9. The largest absolute Gasteiger partial charge is 0.480 e. The van der Waals surface area contributed by atoms with Crippen LogP contribution in [0.5, 0.6) is 11.8 Å². The van der Waals surface area contributed by atoms with Gasteiger partial charge in [-0.05, 0) is 31.0 Å². The van der Waals surface area contributed by atoms with Gasteiger partial charge < -0.3 is 18.9 Å². The van der Waals surface area contributed by atoms with Gasteiger partial charge in [0.05, 0.1) is 19.0 Å². The fraction of sp³-hybridized carbons (Fsp3) is 0.250. The number of benzene rings is 2. The molecule has 1 unspecified atom stereocenters. The Bertz CT molecular complexity index is 1220. The van der Waals surface area contributed by atoms with Crippen LogP contribution in [0.4, 0.5) is 0 Å². The average molecular weight is 430 g/mol. The second-order valence-electron chi connectivity index (χ2n) is 7.66. The van der Waals surface area contributed by atoms with Gasteiger partial charge in [0.25, 0.3) is 5.91 Å². The van der Waals surface area contributed by atoms with E-state index in [0.717, 1.165) is 29.3 Å². The van der Waals surface area contributed by atoms with E-state index >= 15 is 0 Å². The van der Waals surface area contributed by atoms with Gasteiger partial charge in [0.15, 0.2) is 5.76 Å². The summed E-state index contributed by atoms with van der Waals surface area (Å²) in [7, 11) is 1.54. The topological polar surface area (TPSA) is 90.6 Å². The summed E-state index contributed by atoms with van der Waals surface area (Å²) in [4.78, 5) is 15.1. The third kappa shape index (κ3) is 3.99. The molecule has 1 fully saturated rings. The number of ether oxygens (including phenoxy) is 2. The van der Waals surface area contributed by atoms with Crippen molar-refractivity contribution in [2.75, 3.05) is 20.2 Å². The zero-order valence-corrected chi connectivity index (χ0v) is 17.6. The molecule has 1 aliphatic rings. The highest BCUT2D eigenvalue weighted by atomic mass is 16.5. The Morgan fingerprint density at radius 2 is 1.88 bits per heavy atom. The van der Waals surface area contributed by atoms with Crippen LogP contribution >= 0.6 is 0 Å². The Morgan fingerprint density at radius 1 is 1.06 bits per heavy atom.